The third-order valence-corrected chi connectivity index (χ3v) is 4.26. The highest BCUT2D eigenvalue weighted by molar-refractivity contribution is 5.75. The predicted molar refractivity (Wildman–Crippen MR) is 99.4 cm³/mol. The van der Waals surface area contributed by atoms with Gasteiger partial charge in [0.1, 0.15) is 6.54 Å². The summed E-state index contributed by atoms with van der Waals surface area (Å²) in [6.45, 7) is 1.51. The van der Waals surface area contributed by atoms with Gasteiger partial charge in [-0.2, -0.15) is 5.10 Å². The monoisotopic (exact) mass is 345 g/mol. The summed E-state index contributed by atoms with van der Waals surface area (Å²) in [7, 11) is 0. The fourth-order valence-electron chi connectivity index (χ4n) is 2.89. The van der Waals surface area contributed by atoms with Gasteiger partial charge in [-0.3, -0.25) is 9.48 Å². The van der Waals surface area contributed by atoms with Crippen molar-refractivity contribution in [2.24, 2.45) is 0 Å². The fourth-order valence-corrected chi connectivity index (χ4v) is 2.89. The van der Waals surface area contributed by atoms with Gasteiger partial charge >= 0.3 is 0 Å². The van der Waals surface area contributed by atoms with Gasteiger partial charge in [0.15, 0.2) is 0 Å². The number of carbonyl (C=O) groups excluding carboxylic acids is 1. The van der Waals surface area contributed by atoms with E-state index in [1.807, 2.05) is 36.7 Å². The number of fused-ring (bicyclic) bond motifs is 1. The summed E-state index contributed by atoms with van der Waals surface area (Å²) < 4.78 is 3.74. The van der Waals surface area contributed by atoms with Gasteiger partial charge in [-0.25, -0.2) is 4.98 Å². The highest BCUT2D eigenvalue weighted by Gasteiger charge is 2.04. The molecule has 4 rings (SSSR count). The van der Waals surface area contributed by atoms with Crippen molar-refractivity contribution in [3.8, 4) is 0 Å². The van der Waals surface area contributed by atoms with E-state index in [-0.39, 0.29) is 12.5 Å². The summed E-state index contributed by atoms with van der Waals surface area (Å²) in [5, 5.41) is 6.94. The molecule has 0 saturated carbocycles. The molecule has 4 aromatic rings. The largest absolute Gasteiger partial charge is 0.350 e. The van der Waals surface area contributed by atoms with Crippen LogP contribution in [0.1, 0.15) is 11.1 Å². The maximum atomic E-state index is 11.9. The van der Waals surface area contributed by atoms with Gasteiger partial charge in [-0.05, 0) is 29.3 Å². The number of rotatable bonds is 6. The Hall–Kier alpha value is -3.41. The van der Waals surface area contributed by atoms with Crippen LogP contribution in [-0.4, -0.2) is 25.2 Å². The maximum absolute atomic E-state index is 11.9. The molecule has 0 aliphatic carbocycles. The van der Waals surface area contributed by atoms with Crippen molar-refractivity contribution in [1.29, 1.82) is 0 Å². The second-order valence-corrected chi connectivity index (χ2v) is 6.16. The molecule has 26 heavy (non-hydrogen) atoms. The van der Waals surface area contributed by atoms with E-state index in [4.69, 9.17) is 0 Å². The summed E-state index contributed by atoms with van der Waals surface area (Å²) in [4.78, 5) is 16.3. The number of amides is 1. The number of aromatic nitrogens is 4. The van der Waals surface area contributed by atoms with Gasteiger partial charge in [0, 0.05) is 25.5 Å². The van der Waals surface area contributed by atoms with E-state index in [2.05, 4.69) is 38.2 Å². The van der Waals surface area contributed by atoms with Crippen molar-refractivity contribution < 1.29 is 4.79 Å². The van der Waals surface area contributed by atoms with Gasteiger partial charge in [-0.1, -0.05) is 36.4 Å². The standard InChI is InChI=1S/C20H19N5O/c26-20(14-25-11-3-10-23-25)21-12-16-6-8-17(9-7-16)13-24-15-22-18-4-1-2-5-19(18)24/h1-11,15H,12-14H2,(H,21,26). The minimum atomic E-state index is -0.0531. The van der Waals surface area contributed by atoms with Crippen LogP contribution >= 0.6 is 0 Å². The van der Waals surface area contributed by atoms with Gasteiger partial charge in [0.2, 0.25) is 5.91 Å². The predicted octanol–water partition coefficient (Wildman–Crippen LogP) is 2.60. The molecule has 6 nitrogen and oxygen atoms in total. The van der Waals surface area contributed by atoms with E-state index in [1.54, 1.807) is 23.1 Å². The van der Waals surface area contributed by atoms with Crippen LogP contribution in [-0.2, 0) is 24.4 Å². The average molecular weight is 345 g/mol. The molecule has 1 N–H and O–H groups in total. The van der Waals surface area contributed by atoms with E-state index in [1.165, 1.54) is 5.56 Å². The first-order valence-corrected chi connectivity index (χ1v) is 8.50. The molecular formula is C20H19N5O. The third kappa shape index (κ3) is 3.64. The summed E-state index contributed by atoms with van der Waals surface area (Å²) in [6.07, 6.45) is 5.30. The van der Waals surface area contributed by atoms with Crippen LogP contribution in [0.4, 0.5) is 0 Å². The van der Waals surface area contributed by atoms with E-state index < -0.39 is 0 Å². The molecule has 0 radical (unpaired) electrons. The highest BCUT2D eigenvalue weighted by Crippen LogP contribution is 2.14. The van der Waals surface area contributed by atoms with Crippen molar-refractivity contribution in [3.63, 3.8) is 0 Å². The second-order valence-electron chi connectivity index (χ2n) is 6.16. The number of carbonyl (C=O) groups is 1. The first-order chi connectivity index (χ1) is 12.8. The normalized spacial score (nSPS) is 10.9. The van der Waals surface area contributed by atoms with Crippen molar-refractivity contribution in [2.75, 3.05) is 0 Å². The molecule has 0 aliphatic rings. The Kier molecular flexibility index (Phi) is 4.47. The van der Waals surface area contributed by atoms with Crippen molar-refractivity contribution in [3.05, 3.63) is 84.4 Å². The zero-order chi connectivity index (χ0) is 17.8. The Labute approximate surface area is 151 Å². The quantitative estimate of drug-likeness (QED) is 0.584. The Morgan fingerprint density at radius 1 is 1.00 bits per heavy atom. The zero-order valence-electron chi connectivity index (χ0n) is 14.2. The van der Waals surface area contributed by atoms with Crippen LogP contribution in [0.25, 0.3) is 11.0 Å². The van der Waals surface area contributed by atoms with E-state index in [0.717, 1.165) is 23.1 Å². The van der Waals surface area contributed by atoms with Crippen molar-refractivity contribution in [1.82, 2.24) is 24.6 Å². The van der Waals surface area contributed by atoms with Crippen molar-refractivity contribution >= 4 is 16.9 Å². The van der Waals surface area contributed by atoms with Crippen LogP contribution < -0.4 is 5.32 Å². The molecule has 0 unspecified atom stereocenters. The van der Waals surface area contributed by atoms with Gasteiger partial charge in [0.05, 0.1) is 17.4 Å². The number of nitrogens with zero attached hydrogens (tertiary/aromatic N) is 4. The first-order valence-electron chi connectivity index (χ1n) is 8.50. The van der Waals surface area contributed by atoms with E-state index >= 15 is 0 Å². The van der Waals surface area contributed by atoms with Crippen LogP contribution in [0.5, 0.6) is 0 Å². The van der Waals surface area contributed by atoms with Gasteiger partial charge in [-0.15, -0.1) is 0 Å². The molecule has 1 amide bonds. The summed E-state index contributed by atoms with van der Waals surface area (Å²) in [5.41, 5.74) is 4.39. The molecule has 0 bridgehead atoms. The van der Waals surface area contributed by atoms with Crippen LogP contribution in [0.3, 0.4) is 0 Å². The average Bonchev–Trinajstić information content (AvgIpc) is 3.32. The molecule has 2 heterocycles. The van der Waals surface area contributed by atoms with Gasteiger partial charge < -0.3 is 9.88 Å². The zero-order valence-corrected chi connectivity index (χ0v) is 14.2. The topological polar surface area (TPSA) is 64.7 Å². The van der Waals surface area contributed by atoms with Crippen molar-refractivity contribution in [2.45, 2.75) is 19.6 Å². The molecule has 130 valence electrons. The Morgan fingerprint density at radius 3 is 2.62 bits per heavy atom. The second kappa shape index (κ2) is 7.23. The number of imidazole rings is 1. The maximum Gasteiger partial charge on any atom is 0.241 e. The first kappa shape index (κ1) is 16.1. The third-order valence-electron chi connectivity index (χ3n) is 4.26. The lowest BCUT2D eigenvalue weighted by Gasteiger charge is -2.08. The SMILES string of the molecule is O=C(Cn1cccn1)NCc1ccc(Cn2cnc3ccccc32)cc1. The number of para-hydroxylation sites is 2. The van der Waals surface area contributed by atoms with Crippen LogP contribution in [0.2, 0.25) is 0 Å². The highest BCUT2D eigenvalue weighted by atomic mass is 16.2. The minimum Gasteiger partial charge on any atom is -0.350 e. The summed E-state index contributed by atoms with van der Waals surface area (Å²) in [5.74, 6) is -0.0531. The smallest absolute Gasteiger partial charge is 0.241 e. The fraction of sp³-hybridized carbons (Fsp3) is 0.150. The Morgan fingerprint density at radius 2 is 1.81 bits per heavy atom. The number of hydrogen-bond donors (Lipinski definition) is 1. The Balaban J connectivity index is 1.35. The van der Waals surface area contributed by atoms with Gasteiger partial charge in [0.25, 0.3) is 0 Å². The lowest BCUT2D eigenvalue weighted by atomic mass is 10.1. The molecule has 2 aromatic heterocycles. The molecular weight excluding hydrogens is 326 g/mol. The molecule has 0 fully saturated rings. The molecule has 6 heteroatoms. The number of nitrogens with one attached hydrogen (secondary N) is 1. The summed E-state index contributed by atoms with van der Waals surface area (Å²) >= 11 is 0. The molecule has 0 aliphatic heterocycles. The summed E-state index contributed by atoms with van der Waals surface area (Å²) in [6, 6.07) is 18.2. The molecule has 0 saturated heterocycles. The number of benzene rings is 2. The van der Waals surface area contributed by atoms with E-state index in [0.29, 0.717) is 6.54 Å². The number of hydrogen-bond acceptors (Lipinski definition) is 3. The minimum absolute atomic E-state index is 0.0531. The lowest BCUT2D eigenvalue weighted by molar-refractivity contribution is -0.122. The molecule has 2 aromatic carbocycles. The molecule has 0 atom stereocenters. The lowest BCUT2D eigenvalue weighted by Crippen LogP contribution is -2.27. The molecule has 0 spiro atoms. The van der Waals surface area contributed by atoms with E-state index in [9.17, 15) is 4.79 Å². The van der Waals surface area contributed by atoms with Crippen LogP contribution in [0.15, 0.2) is 73.3 Å². The Bertz CT molecular complexity index is 1000. The van der Waals surface area contributed by atoms with Crippen LogP contribution in [0, 0.1) is 0 Å².